The average molecular weight is 289 g/mol. The van der Waals surface area contributed by atoms with E-state index < -0.39 is 0 Å². The van der Waals surface area contributed by atoms with Gasteiger partial charge in [0.25, 0.3) is 0 Å². The molecular formula is C18H27NO2. The molecule has 0 atom stereocenters. The molecule has 1 aromatic carbocycles. The topological polar surface area (TPSA) is 29.5 Å². The zero-order valence-corrected chi connectivity index (χ0v) is 13.1. The molecule has 1 saturated heterocycles. The van der Waals surface area contributed by atoms with E-state index in [4.69, 9.17) is 4.74 Å². The number of benzene rings is 1. The summed E-state index contributed by atoms with van der Waals surface area (Å²) in [6.45, 7) is 4.16. The van der Waals surface area contributed by atoms with Crippen molar-refractivity contribution in [2.75, 3.05) is 33.4 Å². The number of carbonyl (C=O) groups excluding carboxylic acids is 1. The lowest BCUT2D eigenvalue weighted by atomic mass is 9.89. The lowest BCUT2D eigenvalue weighted by Crippen LogP contribution is -2.36. The Balaban J connectivity index is 1.67. The molecule has 3 heteroatoms. The number of hydrogen-bond acceptors (Lipinski definition) is 3. The number of hydrogen-bond donors (Lipinski definition) is 0. The molecule has 1 fully saturated rings. The summed E-state index contributed by atoms with van der Waals surface area (Å²) in [5.74, 6) is 0.549. The summed E-state index contributed by atoms with van der Waals surface area (Å²) in [5, 5.41) is 0. The fraction of sp³-hybridized carbons (Fsp3) is 0.611. The molecule has 0 unspecified atom stereocenters. The van der Waals surface area contributed by atoms with Crippen LogP contribution in [0.4, 0.5) is 0 Å². The summed E-state index contributed by atoms with van der Waals surface area (Å²) in [6.07, 6.45) is 5.63. The number of ketones is 1. The predicted molar refractivity (Wildman–Crippen MR) is 85.7 cm³/mol. The van der Waals surface area contributed by atoms with Crippen LogP contribution in [0.1, 0.15) is 42.5 Å². The van der Waals surface area contributed by atoms with E-state index in [1.54, 1.807) is 7.11 Å². The van der Waals surface area contributed by atoms with E-state index in [0.29, 0.717) is 5.78 Å². The smallest absolute Gasteiger partial charge is 0.166 e. The quantitative estimate of drug-likeness (QED) is 0.542. The number of unbranched alkanes of at least 4 members (excludes halogenated alkanes) is 2. The third kappa shape index (κ3) is 5.25. The van der Waals surface area contributed by atoms with Crippen LogP contribution in [0.3, 0.4) is 0 Å². The summed E-state index contributed by atoms with van der Waals surface area (Å²) >= 11 is 0. The highest BCUT2D eigenvalue weighted by atomic mass is 16.5. The zero-order chi connectivity index (χ0) is 14.9. The van der Waals surface area contributed by atoms with Gasteiger partial charge in [-0.3, -0.25) is 4.79 Å². The first kappa shape index (κ1) is 16.2. The first-order valence-electron chi connectivity index (χ1n) is 8.12. The Morgan fingerprint density at radius 2 is 1.86 bits per heavy atom. The lowest BCUT2D eigenvalue weighted by molar-refractivity contribution is 0.0838. The Morgan fingerprint density at radius 1 is 1.14 bits per heavy atom. The van der Waals surface area contributed by atoms with Crippen molar-refractivity contribution >= 4 is 5.78 Å². The van der Waals surface area contributed by atoms with Gasteiger partial charge in [-0.1, -0.05) is 30.3 Å². The molecule has 0 aliphatic carbocycles. The van der Waals surface area contributed by atoms with E-state index in [0.717, 1.165) is 51.1 Å². The van der Waals surface area contributed by atoms with Crippen LogP contribution in [0.15, 0.2) is 30.3 Å². The van der Waals surface area contributed by atoms with Crippen LogP contribution in [0.2, 0.25) is 0 Å². The molecular weight excluding hydrogens is 262 g/mol. The first-order valence-corrected chi connectivity index (χ1v) is 8.12. The van der Waals surface area contributed by atoms with Crippen molar-refractivity contribution in [3.63, 3.8) is 0 Å². The van der Waals surface area contributed by atoms with Gasteiger partial charge >= 0.3 is 0 Å². The first-order chi connectivity index (χ1) is 10.3. The van der Waals surface area contributed by atoms with E-state index in [9.17, 15) is 4.79 Å². The highest BCUT2D eigenvalue weighted by Crippen LogP contribution is 2.22. The third-order valence-electron chi connectivity index (χ3n) is 4.34. The molecule has 1 aliphatic heterocycles. The van der Waals surface area contributed by atoms with Crippen molar-refractivity contribution in [3.05, 3.63) is 35.9 Å². The Hall–Kier alpha value is -1.19. The fourth-order valence-electron chi connectivity index (χ4n) is 3.02. The van der Waals surface area contributed by atoms with Gasteiger partial charge in [-0.15, -0.1) is 0 Å². The predicted octanol–water partition coefficient (Wildman–Crippen LogP) is 3.40. The van der Waals surface area contributed by atoms with Gasteiger partial charge in [0, 0.05) is 25.2 Å². The molecule has 0 aromatic heterocycles. The highest BCUT2D eigenvalue weighted by Gasteiger charge is 2.25. The van der Waals surface area contributed by atoms with Crippen LogP contribution in [-0.4, -0.2) is 44.0 Å². The number of piperidine rings is 1. The number of Topliss-reactive ketones (excluding diaryl/α,β-unsaturated/α-hetero) is 1. The minimum absolute atomic E-state index is 0.220. The van der Waals surface area contributed by atoms with E-state index in [-0.39, 0.29) is 5.92 Å². The van der Waals surface area contributed by atoms with Gasteiger partial charge in [0.15, 0.2) is 5.78 Å². The Morgan fingerprint density at radius 3 is 2.52 bits per heavy atom. The van der Waals surface area contributed by atoms with Gasteiger partial charge in [-0.05, 0) is 51.7 Å². The SMILES string of the molecule is COCCCCCN1CCC(C(=O)c2ccccc2)CC1. The van der Waals surface area contributed by atoms with Crippen molar-refractivity contribution in [3.8, 4) is 0 Å². The molecule has 1 aromatic rings. The molecule has 0 saturated carbocycles. The summed E-state index contributed by atoms with van der Waals surface area (Å²) in [5.41, 5.74) is 0.871. The number of carbonyl (C=O) groups is 1. The van der Waals surface area contributed by atoms with E-state index in [1.807, 2.05) is 30.3 Å². The van der Waals surface area contributed by atoms with E-state index >= 15 is 0 Å². The van der Waals surface area contributed by atoms with Crippen molar-refractivity contribution in [2.45, 2.75) is 32.1 Å². The standard InChI is InChI=1S/C18H27NO2/c1-21-15-7-3-6-12-19-13-10-17(11-14-19)18(20)16-8-4-2-5-9-16/h2,4-5,8-9,17H,3,6-7,10-15H2,1H3. The molecule has 0 spiro atoms. The van der Waals surface area contributed by atoms with Gasteiger partial charge in [0.2, 0.25) is 0 Å². The Labute approximate surface area is 128 Å². The lowest BCUT2D eigenvalue weighted by Gasteiger charge is -2.31. The maximum Gasteiger partial charge on any atom is 0.166 e. The highest BCUT2D eigenvalue weighted by molar-refractivity contribution is 5.97. The van der Waals surface area contributed by atoms with Crippen molar-refractivity contribution in [1.29, 1.82) is 0 Å². The number of nitrogens with zero attached hydrogens (tertiary/aromatic N) is 1. The molecule has 0 N–H and O–H groups in total. The molecule has 3 nitrogen and oxygen atoms in total. The summed E-state index contributed by atoms with van der Waals surface area (Å²) < 4.78 is 5.07. The molecule has 0 amide bonds. The Bertz CT molecular complexity index is 410. The van der Waals surface area contributed by atoms with Crippen LogP contribution in [0, 0.1) is 5.92 Å². The maximum absolute atomic E-state index is 12.4. The zero-order valence-electron chi connectivity index (χ0n) is 13.1. The van der Waals surface area contributed by atoms with Gasteiger partial charge in [0.05, 0.1) is 0 Å². The third-order valence-corrected chi connectivity index (χ3v) is 4.34. The summed E-state index contributed by atoms with van der Waals surface area (Å²) in [7, 11) is 1.76. The van der Waals surface area contributed by atoms with Crippen molar-refractivity contribution in [1.82, 2.24) is 4.90 Å². The number of rotatable bonds is 8. The van der Waals surface area contributed by atoms with Crippen LogP contribution in [0.25, 0.3) is 0 Å². The van der Waals surface area contributed by atoms with Gasteiger partial charge in [-0.2, -0.15) is 0 Å². The molecule has 2 rings (SSSR count). The second kappa shape index (κ2) is 8.96. The molecule has 1 aliphatic rings. The second-order valence-electron chi connectivity index (χ2n) is 5.90. The molecule has 21 heavy (non-hydrogen) atoms. The van der Waals surface area contributed by atoms with Gasteiger partial charge in [-0.25, -0.2) is 0 Å². The Kier molecular flexibility index (Phi) is 6.90. The maximum atomic E-state index is 12.4. The largest absolute Gasteiger partial charge is 0.385 e. The van der Waals surface area contributed by atoms with Crippen LogP contribution >= 0.6 is 0 Å². The summed E-state index contributed by atoms with van der Waals surface area (Å²) in [6, 6.07) is 9.72. The average Bonchev–Trinajstić information content (AvgIpc) is 2.55. The molecule has 1 heterocycles. The second-order valence-corrected chi connectivity index (χ2v) is 5.90. The fourth-order valence-corrected chi connectivity index (χ4v) is 3.02. The van der Waals surface area contributed by atoms with Crippen LogP contribution in [0.5, 0.6) is 0 Å². The minimum Gasteiger partial charge on any atom is -0.385 e. The monoisotopic (exact) mass is 289 g/mol. The number of methoxy groups -OCH3 is 1. The van der Waals surface area contributed by atoms with Gasteiger partial charge < -0.3 is 9.64 Å². The number of likely N-dealkylation sites (tertiary alicyclic amines) is 1. The molecule has 116 valence electrons. The molecule has 0 radical (unpaired) electrons. The van der Waals surface area contributed by atoms with E-state index in [1.165, 1.54) is 12.8 Å². The number of ether oxygens (including phenoxy) is 1. The van der Waals surface area contributed by atoms with Crippen LogP contribution < -0.4 is 0 Å². The van der Waals surface area contributed by atoms with Crippen molar-refractivity contribution in [2.24, 2.45) is 5.92 Å². The van der Waals surface area contributed by atoms with E-state index in [2.05, 4.69) is 4.90 Å². The van der Waals surface area contributed by atoms with Crippen LogP contribution in [-0.2, 0) is 4.74 Å². The molecule has 0 bridgehead atoms. The van der Waals surface area contributed by atoms with Gasteiger partial charge in [0.1, 0.15) is 0 Å². The minimum atomic E-state index is 0.220. The normalized spacial score (nSPS) is 17.0. The summed E-state index contributed by atoms with van der Waals surface area (Å²) in [4.78, 5) is 14.9. The van der Waals surface area contributed by atoms with Crippen molar-refractivity contribution < 1.29 is 9.53 Å².